The van der Waals surface area contributed by atoms with Crippen LogP contribution in [0, 0.1) is 11.6 Å². The highest BCUT2D eigenvalue weighted by Crippen LogP contribution is 2.20. The molecule has 0 saturated carbocycles. The Morgan fingerprint density at radius 3 is 2.62 bits per heavy atom. The van der Waals surface area contributed by atoms with Gasteiger partial charge in [-0.25, -0.2) is 13.6 Å². The van der Waals surface area contributed by atoms with E-state index < -0.39 is 23.3 Å². The number of carbonyl (C=O) groups excluding carboxylic acids is 1. The van der Waals surface area contributed by atoms with Crippen LogP contribution in [-0.4, -0.2) is 18.2 Å². The molecule has 116 valence electrons. The van der Waals surface area contributed by atoms with Gasteiger partial charge >= 0.3 is 6.09 Å². The van der Waals surface area contributed by atoms with Crippen LogP contribution in [0.2, 0.25) is 0 Å². The first-order chi connectivity index (χ1) is 9.69. The van der Waals surface area contributed by atoms with E-state index in [1.165, 1.54) is 6.08 Å². The Hall–Kier alpha value is -1.43. The van der Waals surface area contributed by atoms with Crippen LogP contribution in [0.4, 0.5) is 13.6 Å². The molecule has 1 aromatic carbocycles. The van der Waals surface area contributed by atoms with Gasteiger partial charge in [-0.3, -0.25) is 0 Å². The summed E-state index contributed by atoms with van der Waals surface area (Å²) in [4.78, 5) is 11.4. The minimum atomic E-state index is -0.544. The molecule has 0 radical (unpaired) electrons. The fraction of sp³-hybridized carbons (Fsp3) is 0.400. The van der Waals surface area contributed by atoms with Crippen LogP contribution < -0.4 is 5.32 Å². The Labute approximate surface area is 131 Å². The summed E-state index contributed by atoms with van der Waals surface area (Å²) in [6.07, 6.45) is 3.11. The Balaban J connectivity index is 2.43. The van der Waals surface area contributed by atoms with Gasteiger partial charge in [0.25, 0.3) is 0 Å². The first-order valence-corrected chi connectivity index (χ1v) is 7.26. The maximum absolute atomic E-state index is 13.5. The Morgan fingerprint density at radius 2 is 2.00 bits per heavy atom. The molecule has 21 heavy (non-hydrogen) atoms. The van der Waals surface area contributed by atoms with E-state index >= 15 is 0 Å². The second kappa shape index (κ2) is 7.54. The quantitative estimate of drug-likeness (QED) is 0.625. The molecule has 0 saturated heterocycles. The molecular weight excluding hydrogens is 344 g/mol. The van der Waals surface area contributed by atoms with E-state index in [9.17, 15) is 13.6 Å². The highest BCUT2D eigenvalue weighted by Gasteiger charge is 2.15. The number of carbonyl (C=O) groups is 1. The van der Waals surface area contributed by atoms with Crippen LogP contribution in [0.3, 0.4) is 0 Å². The van der Waals surface area contributed by atoms with E-state index in [0.29, 0.717) is 13.0 Å². The van der Waals surface area contributed by atoms with E-state index in [0.717, 1.165) is 12.1 Å². The molecule has 6 heteroatoms. The van der Waals surface area contributed by atoms with E-state index in [1.54, 1.807) is 26.8 Å². The van der Waals surface area contributed by atoms with Crippen molar-refractivity contribution < 1.29 is 18.3 Å². The van der Waals surface area contributed by atoms with Crippen LogP contribution in [-0.2, 0) is 4.74 Å². The maximum atomic E-state index is 13.5. The van der Waals surface area contributed by atoms with Gasteiger partial charge in [-0.05, 0) is 55.3 Å². The van der Waals surface area contributed by atoms with E-state index in [-0.39, 0.29) is 10.0 Å². The molecular formula is C15H18BrF2NO2. The van der Waals surface area contributed by atoms with Crippen molar-refractivity contribution in [3.05, 3.63) is 39.9 Å². The zero-order valence-electron chi connectivity index (χ0n) is 12.2. The van der Waals surface area contributed by atoms with Gasteiger partial charge in [0.05, 0.1) is 4.47 Å². The lowest BCUT2D eigenvalue weighted by Gasteiger charge is -2.19. The molecule has 0 spiro atoms. The van der Waals surface area contributed by atoms with Crippen LogP contribution in [0.1, 0.15) is 32.8 Å². The van der Waals surface area contributed by atoms with Crippen LogP contribution in [0.25, 0.3) is 6.08 Å². The number of hydrogen-bond acceptors (Lipinski definition) is 2. The molecule has 1 N–H and O–H groups in total. The molecule has 0 aliphatic rings. The number of amides is 1. The molecule has 0 heterocycles. The summed E-state index contributed by atoms with van der Waals surface area (Å²) in [5, 5.41) is 2.57. The van der Waals surface area contributed by atoms with Gasteiger partial charge in [0.2, 0.25) is 0 Å². The SMILES string of the molecule is CC(C)(C)OC(=O)NCCC=Cc1cc(F)c(Br)cc1F. The summed E-state index contributed by atoms with van der Waals surface area (Å²) in [5.74, 6) is -1.04. The van der Waals surface area contributed by atoms with Gasteiger partial charge in [-0.15, -0.1) is 0 Å². The smallest absolute Gasteiger partial charge is 0.407 e. The van der Waals surface area contributed by atoms with E-state index in [2.05, 4.69) is 21.2 Å². The second-order valence-electron chi connectivity index (χ2n) is 5.41. The summed E-state index contributed by atoms with van der Waals surface area (Å²) in [7, 11) is 0. The third-order valence-corrected chi connectivity index (χ3v) is 2.92. The van der Waals surface area contributed by atoms with Crippen molar-refractivity contribution >= 4 is 28.1 Å². The van der Waals surface area contributed by atoms with Crippen molar-refractivity contribution in [3.63, 3.8) is 0 Å². The van der Waals surface area contributed by atoms with Crippen molar-refractivity contribution in [2.75, 3.05) is 6.54 Å². The maximum Gasteiger partial charge on any atom is 0.407 e. The largest absolute Gasteiger partial charge is 0.444 e. The predicted octanol–water partition coefficient (Wildman–Crippen LogP) is 4.66. The average Bonchev–Trinajstić information content (AvgIpc) is 2.32. The number of rotatable bonds is 4. The molecule has 3 nitrogen and oxygen atoms in total. The zero-order chi connectivity index (χ0) is 16.0. The third kappa shape index (κ3) is 6.71. The van der Waals surface area contributed by atoms with Gasteiger partial charge in [-0.1, -0.05) is 12.2 Å². The van der Waals surface area contributed by atoms with Crippen molar-refractivity contribution in [1.82, 2.24) is 5.32 Å². The van der Waals surface area contributed by atoms with Crippen LogP contribution in [0.5, 0.6) is 0 Å². The van der Waals surface area contributed by atoms with Gasteiger partial charge in [-0.2, -0.15) is 0 Å². The summed E-state index contributed by atoms with van der Waals surface area (Å²) in [6.45, 7) is 5.68. The normalized spacial score (nSPS) is 11.7. The molecule has 1 aromatic rings. The van der Waals surface area contributed by atoms with E-state index in [1.807, 2.05) is 0 Å². The number of alkyl carbamates (subject to hydrolysis) is 1. The molecule has 0 aliphatic carbocycles. The summed E-state index contributed by atoms with van der Waals surface area (Å²) >= 11 is 2.91. The van der Waals surface area contributed by atoms with Gasteiger partial charge in [0.15, 0.2) is 0 Å². The fourth-order valence-electron chi connectivity index (χ4n) is 1.45. The number of halogens is 3. The van der Waals surface area contributed by atoms with Gasteiger partial charge in [0.1, 0.15) is 17.2 Å². The summed E-state index contributed by atoms with van der Waals surface area (Å²) < 4.78 is 31.9. The number of nitrogens with one attached hydrogen (secondary N) is 1. The summed E-state index contributed by atoms with van der Waals surface area (Å²) in [5.41, 5.74) is -0.383. The third-order valence-electron chi connectivity index (χ3n) is 2.32. The number of hydrogen-bond donors (Lipinski definition) is 1. The standard InChI is InChI=1S/C15H18BrF2NO2/c1-15(2,3)21-14(20)19-7-5-4-6-10-8-13(18)11(16)9-12(10)17/h4,6,8-9H,5,7H2,1-3H3,(H,19,20). The van der Waals surface area contributed by atoms with Crippen molar-refractivity contribution in [2.45, 2.75) is 32.8 Å². The lowest BCUT2D eigenvalue weighted by molar-refractivity contribution is 0.0529. The molecule has 0 fully saturated rings. The molecule has 0 aromatic heterocycles. The van der Waals surface area contributed by atoms with Crippen LogP contribution >= 0.6 is 15.9 Å². The molecule has 0 unspecified atom stereocenters. The van der Waals surface area contributed by atoms with Crippen molar-refractivity contribution in [1.29, 1.82) is 0 Å². The topological polar surface area (TPSA) is 38.3 Å². The van der Waals surface area contributed by atoms with Gasteiger partial charge in [0, 0.05) is 12.1 Å². The first kappa shape index (κ1) is 17.6. The van der Waals surface area contributed by atoms with E-state index in [4.69, 9.17) is 4.74 Å². The number of ether oxygens (including phenoxy) is 1. The summed E-state index contributed by atoms with van der Waals surface area (Å²) in [6, 6.07) is 2.19. The molecule has 0 bridgehead atoms. The van der Waals surface area contributed by atoms with Gasteiger partial charge < -0.3 is 10.1 Å². The lowest BCUT2D eigenvalue weighted by Crippen LogP contribution is -2.32. The lowest BCUT2D eigenvalue weighted by atomic mass is 10.2. The monoisotopic (exact) mass is 361 g/mol. The minimum absolute atomic E-state index is 0.0868. The fourth-order valence-corrected chi connectivity index (χ4v) is 1.76. The minimum Gasteiger partial charge on any atom is -0.444 e. The first-order valence-electron chi connectivity index (χ1n) is 6.47. The second-order valence-corrected chi connectivity index (χ2v) is 6.26. The number of benzene rings is 1. The van der Waals surface area contributed by atoms with Crippen LogP contribution in [0.15, 0.2) is 22.7 Å². The zero-order valence-corrected chi connectivity index (χ0v) is 13.8. The Kier molecular flexibility index (Phi) is 6.33. The Bertz CT molecular complexity index is 539. The Morgan fingerprint density at radius 1 is 1.33 bits per heavy atom. The molecule has 0 aliphatic heterocycles. The highest BCUT2D eigenvalue weighted by molar-refractivity contribution is 9.10. The molecule has 1 amide bonds. The molecule has 1 rings (SSSR count). The van der Waals surface area contributed by atoms with Crippen molar-refractivity contribution in [2.24, 2.45) is 0 Å². The van der Waals surface area contributed by atoms with Crippen molar-refractivity contribution in [3.8, 4) is 0 Å². The predicted molar refractivity (Wildman–Crippen MR) is 81.9 cm³/mol. The highest BCUT2D eigenvalue weighted by atomic mass is 79.9. The average molecular weight is 362 g/mol. The molecule has 0 atom stereocenters.